The highest BCUT2D eigenvalue weighted by atomic mass is 19.1. The van der Waals surface area contributed by atoms with E-state index in [1.165, 1.54) is 0 Å². The first kappa shape index (κ1) is 15.1. The van der Waals surface area contributed by atoms with E-state index in [4.69, 9.17) is 0 Å². The molecule has 0 saturated carbocycles. The fourth-order valence-corrected chi connectivity index (χ4v) is 2.24. The lowest BCUT2D eigenvalue weighted by molar-refractivity contribution is 0.208. The Morgan fingerprint density at radius 3 is 2.26 bits per heavy atom. The van der Waals surface area contributed by atoms with E-state index in [1.54, 1.807) is 24.2 Å². The normalized spacial score (nSPS) is 14.7. The largest absolute Gasteiger partial charge is 0.337 e. The van der Waals surface area contributed by atoms with Crippen LogP contribution >= 0.6 is 0 Å². The van der Waals surface area contributed by atoms with Gasteiger partial charge in [0.15, 0.2) is 5.82 Å². The van der Waals surface area contributed by atoms with Crippen LogP contribution in [0.25, 0.3) is 0 Å². The molecule has 0 radical (unpaired) electrons. The quantitative estimate of drug-likeness (QED) is 0.891. The highest BCUT2D eigenvalue weighted by Crippen LogP contribution is 2.12. The molecule has 1 N–H and O–H groups in total. The summed E-state index contributed by atoms with van der Waals surface area (Å²) in [7, 11) is 0. The zero-order valence-corrected chi connectivity index (χ0v) is 12.6. The van der Waals surface area contributed by atoms with Crippen molar-refractivity contribution >= 4 is 17.7 Å². The van der Waals surface area contributed by atoms with Gasteiger partial charge in [-0.1, -0.05) is 0 Å². The zero-order chi connectivity index (χ0) is 16.2. The monoisotopic (exact) mass is 317 g/mol. The number of nitrogens with zero attached hydrogens (tertiary/aromatic N) is 6. The van der Waals surface area contributed by atoms with Gasteiger partial charge >= 0.3 is 6.03 Å². The Kier molecular flexibility index (Phi) is 4.26. The van der Waals surface area contributed by atoms with Gasteiger partial charge in [-0.3, -0.25) is 0 Å². The Hall–Kier alpha value is -2.84. The lowest BCUT2D eigenvalue weighted by Crippen LogP contribution is -2.50. The molecule has 9 heteroatoms. The maximum Gasteiger partial charge on any atom is 0.322 e. The van der Waals surface area contributed by atoms with E-state index in [9.17, 15) is 9.18 Å². The van der Waals surface area contributed by atoms with Crippen molar-refractivity contribution in [2.45, 2.75) is 6.92 Å². The minimum absolute atomic E-state index is 0.197. The molecule has 3 heterocycles. The van der Waals surface area contributed by atoms with Crippen LogP contribution in [0.4, 0.5) is 20.8 Å². The van der Waals surface area contributed by atoms with Crippen molar-refractivity contribution in [2.75, 3.05) is 36.4 Å². The molecular formula is C14H16FN7O. The SMILES string of the molecule is Cc1ncc(NC(=O)N2CCN(c3ncc(F)cn3)CC2)cn1. The van der Waals surface area contributed by atoms with E-state index in [0.717, 1.165) is 12.4 Å². The van der Waals surface area contributed by atoms with Crippen LogP contribution in [-0.2, 0) is 0 Å². The first-order valence-corrected chi connectivity index (χ1v) is 7.19. The maximum atomic E-state index is 12.8. The first-order chi connectivity index (χ1) is 11.1. The second-order valence-electron chi connectivity index (χ2n) is 5.12. The van der Waals surface area contributed by atoms with Crippen LogP contribution in [0.3, 0.4) is 0 Å². The third-order valence-electron chi connectivity index (χ3n) is 3.49. The molecule has 23 heavy (non-hydrogen) atoms. The van der Waals surface area contributed by atoms with Crippen molar-refractivity contribution in [3.8, 4) is 0 Å². The van der Waals surface area contributed by atoms with Crippen LogP contribution in [0.5, 0.6) is 0 Å². The Bertz CT molecular complexity index is 669. The molecule has 2 amide bonds. The van der Waals surface area contributed by atoms with Gasteiger partial charge in [0, 0.05) is 26.2 Å². The fraction of sp³-hybridized carbons (Fsp3) is 0.357. The Labute approximate surface area is 132 Å². The maximum absolute atomic E-state index is 12.8. The van der Waals surface area contributed by atoms with E-state index in [0.29, 0.717) is 43.6 Å². The summed E-state index contributed by atoms with van der Waals surface area (Å²) in [6.45, 7) is 4.01. The number of hydrogen-bond acceptors (Lipinski definition) is 6. The van der Waals surface area contributed by atoms with Crippen LogP contribution < -0.4 is 10.2 Å². The summed E-state index contributed by atoms with van der Waals surface area (Å²) in [6, 6.07) is -0.197. The number of aromatic nitrogens is 4. The molecule has 1 aliphatic heterocycles. The average Bonchev–Trinajstić information content (AvgIpc) is 2.58. The lowest BCUT2D eigenvalue weighted by Gasteiger charge is -2.34. The number of anilines is 2. The first-order valence-electron chi connectivity index (χ1n) is 7.19. The topological polar surface area (TPSA) is 87.1 Å². The van der Waals surface area contributed by atoms with Gasteiger partial charge in [-0.05, 0) is 6.92 Å². The molecule has 1 saturated heterocycles. The number of urea groups is 1. The molecular weight excluding hydrogens is 301 g/mol. The molecule has 0 aliphatic carbocycles. The van der Waals surface area contributed by atoms with E-state index in [-0.39, 0.29) is 6.03 Å². The molecule has 2 aromatic heterocycles. The van der Waals surface area contributed by atoms with Gasteiger partial charge in [-0.25, -0.2) is 29.1 Å². The minimum Gasteiger partial charge on any atom is -0.337 e. The lowest BCUT2D eigenvalue weighted by atomic mass is 10.3. The number of hydrogen-bond donors (Lipinski definition) is 1. The van der Waals surface area contributed by atoms with E-state index < -0.39 is 5.82 Å². The second kappa shape index (κ2) is 6.51. The van der Waals surface area contributed by atoms with Crippen LogP contribution in [-0.4, -0.2) is 57.0 Å². The van der Waals surface area contributed by atoms with Crippen LogP contribution in [0.2, 0.25) is 0 Å². The van der Waals surface area contributed by atoms with Crippen molar-refractivity contribution in [1.29, 1.82) is 0 Å². The van der Waals surface area contributed by atoms with Crippen LogP contribution in [0.1, 0.15) is 5.82 Å². The highest BCUT2D eigenvalue weighted by Gasteiger charge is 2.22. The molecule has 3 rings (SSSR count). The van der Waals surface area contributed by atoms with Gasteiger partial charge in [0.1, 0.15) is 5.82 Å². The van der Waals surface area contributed by atoms with Gasteiger partial charge in [0.2, 0.25) is 5.95 Å². The van der Waals surface area contributed by atoms with Crippen molar-refractivity contribution in [2.24, 2.45) is 0 Å². The third-order valence-corrected chi connectivity index (χ3v) is 3.49. The molecule has 1 fully saturated rings. The van der Waals surface area contributed by atoms with Gasteiger partial charge in [-0.2, -0.15) is 0 Å². The Morgan fingerprint density at radius 2 is 1.65 bits per heavy atom. The molecule has 0 bridgehead atoms. The molecule has 2 aromatic rings. The minimum atomic E-state index is -0.466. The molecule has 0 spiro atoms. The Balaban J connectivity index is 1.54. The number of carbonyl (C=O) groups excluding carboxylic acids is 1. The summed E-state index contributed by atoms with van der Waals surface area (Å²) < 4.78 is 12.8. The number of nitrogens with one attached hydrogen (secondary N) is 1. The van der Waals surface area contributed by atoms with Gasteiger partial charge < -0.3 is 15.1 Å². The van der Waals surface area contributed by atoms with Crippen molar-refractivity contribution < 1.29 is 9.18 Å². The number of halogens is 1. The van der Waals surface area contributed by atoms with E-state index in [2.05, 4.69) is 25.3 Å². The predicted molar refractivity (Wildman–Crippen MR) is 81.6 cm³/mol. The highest BCUT2D eigenvalue weighted by molar-refractivity contribution is 5.89. The van der Waals surface area contributed by atoms with Gasteiger partial charge in [0.05, 0.1) is 30.5 Å². The molecule has 0 aromatic carbocycles. The Morgan fingerprint density at radius 1 is 1.04 bits per heavy atom. The molecule has 120 valence electrons. The summed E-state index contributed by atoms with van der Waals surface area (Å²) in [6.07, 6.45) is 5.42. The van der Waals surface area contributed by atoms with Crippen molar-refractivity contribution in [3.05, 3.63) is 36.4 Å². The summed E-state index contributed by atoms with van der Waals surface area (Å²) in [5.41, 5.74) is 0.560. The second-order valence-corrected chi connectivity index (χ2v) is 5.12. The molecule has 0 unspecified atom stereocenters. The van der Waals surface area contributed by atoms with Gasteiger partial charge in [-0.15, -0.1) is 0 Å². The van der Waals surface area contributed by atoms with Gasteiger partial charge in [0.25, 0.3) is 0 Å². The predicted octanol–water partition coefficient (Wildman–Crippen LogP) is 1.07. The van der Waals surface area contributed by atoms with E-state index in [1.807, 2.05) is 4.90 Å². The smallest absolute Gasteiger partial charge is 0.322 e. The average molecular weight is 317 g/mol. The summed E-state index contributed by atoms with van der Waals surface area (Å²) in [4.78, 5) is 31.8. The number of piperazine rings is 1. The number of amides is 2. The molecule has 8 nitrogen and oxygen atoms in total. The third kappa shape index (κ3) is 3.68. The van der Waals surface area contributed by atoms with Crippen molar-refractivity contribution in [3.63, 3.8) is 0 Å². The van der Waals surface area contributed by atoms with Crippen LogP contribution in [0, 0.1) is 12.7 Å². The number of aryl methyl sites for hydroxylation is 1. The molecule has 1 aliphatic rings. The summed E-state index contributed by atoms with van der Waals surface area (Å²) in [5, 5.41) is 2.76. The van der Waals surface area contributed by atoms with Crippen molar-refractivity contribution in [1.82, 2.24) is 24.8 Å². The standard InChI is InChI=1S/C14H16FN7O/c1-10-16-8-12(9-17-10)20-14(23)22-4-2-21(3-5-22)13-18-6-11(15)7-19-13/h6-9H,2-5H2,1H3,(H,20,23). The zero-order valence-electron chi connectivity index (χ0n) is 12.6. The van der Waals surface area contributed by atoms with Crippen LogP contribution in [0.15, 0.2) is 24.8 Å². The summed E-state index contributed by atoms with van der Waals surface area (Å²) >= 11 is 0. The van der Waals surface area contributed by atoms with E-state index >= 15 is 0 Å². The number of rotatable bonds is 2. The number of carbonyl (C=O) groups is 1. The molecule has 0 atom stereocenters. The summed E-state index contributed by atoms with van der Waals surface area (Å²) in [5.74, 6) is 0.654. The fourth-order valence-electron chi connectivity index (χ4n) is 2.24.